The van der Waals surface area contributed by atoms with Crippen LogP contribution in [-0.4, -0.2) is 21.9 Å². The van der Waals surface area contributed by atoms with Gasteiger partial charge in [-0.1, -0.05) is 31.2 Å². The molecule has 3 N–H and O–H groups in total. The van der Waals surface area contributed by atoms with Crippen LogP contribution in [0.4, 0.5) is 0 Å². The summed E-state index contributed by atoms with van der Waals surface area (Å²) in [4.78, 5) is 10.9. The molecule has 0 heterocycles. The highest BCUT2D eigenvalue weighted by Crippen LogP contribution is 2.30. The van der Waals surface area contributed by atoms with Crippen LogP contribution >= 0.6 is 11.8 Å². The molecule has 0 aromatic heterocycles. The molecule has 0 aliphatic rings. The predicted molar refractivity (Wildman–Crippen MR) is 76.8 cm³/mol. The minimum atomic E-state index is -0.950. The number of aliphatic carboxylic acids is 1. The van der Waals surface area contributed by atoms with Crippen LogP contribution in [0.15, 0.2) is 24.3 Å². The molecule has 0 aliphatic carbocycles. The van der Waals surface area contributed by atoms with Crippen molar-refractivity contribution < 1.29 is 9.90 Å². The molecule has 0 unspecified atom stereocenters. The van der Waals surface area contributed by atoms with E-state index < -0.39 is 16.8 Å². The second-order valence-electron chi connectivity index (χ2n) is 4.88. The molecule has 1 aromatic rings. The topological polar surface area (TPSA) is 63.3 Å². The molecule has 0 fully saturated rings. The Labute approximate surface area is 113 Å². The maximum Gasteiger partial charge on any atom is 0.321 e. The van der Waals surface area contributed by atoms with Gasteiger partial charge in [0.2, 0.25) is 0 Å². The second kappa shape index (κ2) is 6.25. The summed E-state index contributed by atoms with van der Waals surface area (Å²) in [6.45, 7) is 5.87. The van der Waals surface area contributed by atoms with E-state index >= 15 is 0 Å². The Morgan fingerprint density at radius 1 is 1.33 bits per heavy atom. The van der Waals surface area contributed by atoms with Crippen LogP contribution < -0.4 is 5.73 Å². The minimum absolute atomic E-state index is 0.477. The van der Waals surface area contributed by atoms with Gasteiger partial charge in [0.15, 0.2) is 0 Å². The average molecular weight is 267 g/mol. The molecule has 100 valence electrons. The number of rotatable bonds is 6. The van der Waals surface area contributed by atoms with E-state index in [1.807, 2.05) is 13.8 Å². The molecule has 0 radical (unpaired) electrons. The van der Waals surface area contributed by atoms with Gasteiger partial charge in [-0.15, -0.1) is 11.8 Å². The summed E-state index contributed by atoms with van der Waals surface area (Å²) < 4.78 is -0.477. The Hall–Kier alpha value is -1.00. The molecule has 1 aromatic carbocycles. The van der Waals surface area contributed by atoms with Gasteiger partial charge in [0.05, 0.1) is 0 Å². The van der Waals surface area contributed by atoms with Gasteiger partial charge in [-0.05, 0) is 31.4 Å². The van der Waals surface area contributed by atoms with Crippen LogP contribution in [0.1, 0.15) is 31.9 Å². The quantitative estimate of drug-likeness (QED) is 0.831. The summed E-state index contributed by atoms with van der Waals surface area (Å²) in [6, 6.07) is 7.56. The maximum absolute atomic E-state index is 10.9. The third-order valence-corrected chi connectivity index (χ3v) is 4.53. The fourth-order valence-corrected chi connectivity index (χ4v) is 2.54. The monoisotopic (exact) mass is 267 g/mol. The normalized spacial score (nSPS) is 13.3. The molecule has 1 atom stereocenters. The van der Waals surface area contributed by atoms with Gasteiger partial charge in [0, 0.05) is 10.5 Å². The molecule has 1 rings (SSSR count). The van der Waals surface area contributed by atoms with Crippen molar-refractivity contribution >= 4 is 17.7 Å². The fourth-order valence-electron chi connectivity index (χ4n) is 1.53. The van der Waals surface area contributed by atoms with E-state index in [2.05, 4.69) is 31.2 Å². The largest absolute Gasteiger partial charge is 0.480 e. The summed E-state index contributed by atoms with van der Waals surface area (Å²) in [5, 5.41) is 8.94. The molecule has 0 saturated carbocycles. The summed E-state index contributed by atoms with van der Waals surface area (Å²) in [5.74, 6) is -0.174. The number of carboxylic acids is 1. The SMILES string of the molecule is CCc1ccc(CSC(C)(C)[C@@H](N)C(=O)O)cc1. The van der Waals surface area contributed by atoms with Crippen molar-refractivity contribution in [1.82, 2.24) is 0 Å². The summed E-state index contributed by atoms with van der Waals surface area (Å²) in [6.07, 6.45) is 1.03. The first-order valence-corrected chi connectivity index (χ1v) is 7.05. The van der Waals surface area contributed by atoms with Crippen LogP contribution in [0.25, 0.3) is 0 Å². The van der Waals surface area contributed by atoms with Crippen LogP contribution in [0.3, 0.4) is 0 Å². The summed E-state index contributed by atoms with van der Waals surface area (Å²) in [7, 11) is 0. The van der Waals surface area contributed by atoms with Gasteiger partial charge in [-0.3, -0.25) is 4.79 Å². The van der Waals surface area contributed by atoms with Gasteiger partial charge in [0.25, 0.3) is 0 Å². The van der Waals surface area contributed by atoms with Crippen LogP contribution in [0, 0.1) is 0 Å². The van der Waals surface area contributed by atoms with Gasteiger partial charge >= 0.3 is 5.97 Å². The van der Waals surface area contributed by atoms with Crippen molar-refractivity contribution in [2.24, 2.45) is 5.73 Å². The number of carbonyl (C=O) groups is 1. The first-order chi connectivity index (χ1) is 8.36. The molecular weight excluding hydrogens is 246 g/mol. The van der Waals surface area contributed by atoms with E-state index in [-0.39, 0.29) is 0 Å². The Balaban J connectivity index is 2.60. The summed E-state index contributed by atoms with van der Waals surface area (Å²) >= 11 is 1.58. The number of nitrogens with two attached hydrogens (primary N) is 1. The Morgan fingerprint density at radius 3 is 2.28 bits per heavy atom. The number of benzene rings is 1. The first kappa shape index (κ1) is 15.1. The fraction of sp³-hybridized carbons (Fsp3) is 0.500. The average Bonchev–Trinajstić information content (AvgIpc) is 2.36. The maximum atomic E-state index is 10.9. The Bertz CT molecular complexity index is 401. The van der Waals surface area contributed by atoms with Gasteiger partial charge in [-0.2, -0.15) is 0 Å². The minimum Gasteiger partial charge on any atom is -0.480 e. The number of hydrogen-bond donors (Lipinski definition) is 2. The zero-order chi connectivity index (χ0) is 13.8. The number of hydrogen-bond acceptors (Lipinski definition) is 3. The van der Waals surface area contributed by atoms with Crippen molar-refractivity contribution in [3.8, 4) is 0 Å². The highest BCUT2D eigenvalue weighted by Gasteiger charge is 2.32. The lowest BCUT2D eigenvalue weighted by Gasteiger charge is -2.28. The lowest BCUT2D eigenvalue weighted by Crippen LogP contribution is -2.46. The van der Waals surface area contributed by atoms with Gasteiger partial charge in [0.1, 0.15) is 6.04 Å². The van der Waals surface area contributed by atoms with Crippen molar-refractivity contribution in [3.63, 3.8) is 0 Å². The van der Waals surface area contributed by atoms with Crippen molar-refractivity contribution in [1.29, 1.82) is 0 Å². The van der Waals surface area contributed by atoms with E-state index in [0.29, 0.717) is 0 Å². The standard InChI is InChI=1S/C14H21NO2S/c1-4-10-5-7-11(8-6-10)9-18-14(2,3)12(15)13(16)17/h5-8,12H,4,9,15H2,1-3H3,(H,16,17)/t12-/m0/s1. The second-order valence-corrected chi connectivity index (χ2v) is 6.51. The Kier molecular flexibility index (Phi) is 5.23. The third-order valence-electron chi connectivity index (χ3n) is 3.06. The zero-order valence-electron chi connectivity index (χ0n) is 11.1. The zero-order valence-corrected chi connectivity index (χ0v) is 12.0. The molecule has 0 aliphatic heterocycles. The van der Waals surface area contributed by atoms with Gasteiger partial charge < -0.3 is 10.8 Å². The van der Waals surface area contributed by atoms with Crippen molar-refractivity contribution in [2.45, 2.75) is 43.7 Å². The predicted octanol–water partition coefficient (Wildman–Crippen LogP) is 2.67. The molecule has 4 heteroatoms. The number of carboxylic acid groups (broad SMARTS) is 1. The van der Waals surface area contributed by atoms with Crippen LogP contribution in [-0.2, 0) is 17.0 Å². The van der Waals surface area contributed by atoms with Crippen LogP contribution in [0.2, 0.25) is 0 Å². The van der Waals surface area contributed by atoms with E-state index in [0.717, 1.165) is 12.2 Å². The molecule has 0 bridgehead atoms. The highest BCUT2D eigenvalue weighted by molar-refractivity contribution is 7.99. The number of thioether (sulfide) groups is 1. The lowest BCUT2D eigenvalue weighted by molar-refractivity contribution is -0.139. The highest BCUT2D eigenvalue weighted by atomic mass is 32.2. The van der Waals surface area contributed by atoms with Crippen LogP contribution in [0.5, 0.6) is 0 Å². The first-order valence-electron chi connectivity index (χ1n) is 6.07. The lowest BCUT2D eigenvalue weighted by atomic mass is 10.1. The molecule has 0 amide bonds. The van der Waals surface area contributed by atoms with E-state index in [9.17, 15) is 4.79 Å². The Morgan fingerprint density at radius 2 is 1.83 bits per heavy atom. The van der Waals surface area contributed by atoms with E-state index in [4.69, 9.17) is 10.8 Å². The molecular formula is C14H21NO2S. The smallest absolute Gasteiger partial charge is 0.321 e. The third kappa shape index (κ3) is 4.03. The van der Waals surface area contributed by atoms with Gasteiger partial charge in [-0.25, -0.2) is 0 Å². The van der Waals surface area contributed by atoms with E-state index in [1.54, 1.807) is 11.8 Å². The summed E-state index contributed by atoms with van der Waals surface area (Å²) in [5.41, 5.74) is 8.19. The van der Waals surface area contributed by atoms with E-state index in [1.165, 1.54) is 11.1 Å². The van der Waals surface area contributed by atoms with Crippen molar-refractivity contribution in [2.75, 3.05) is 0 Å². The molecule has 3 nitrogen and oxygen atoms in total. The molecule has 0 spiro atoms. The molecule has 18 heavy (non-hydrogen) atoms. The number of aryl methyl sites for hydroxylation is 1. The molecule has 0 saturated heterocycles. The van der Waals surface area contributed by atoms with Crippen molar-refractivity contribution in [3.05, 3.63) is 35.4 Å².